The predicted octanol–water partition coefficient (Wildman–Crippen LogP) is 4.10. The number of para-hydroxylation sites is 2. The molecular formula is C20H20N4. The molecule has 1 aliphatic heterocycles. The van der Waals surface area contributed by atoms with Gasteiger partial charge in [-0.3, -0.25) is 0 Å². The molecule has 3 heterocycles. The lowest BCUT2D eigenvalue weighted by Gasteiger charge is -2.16. The van der Waals surface area contributed by atoms with Gasteiger partial charge in [-0.2, -0.15) is 0 Å². The standard InChI is InChI=1S/C20H20N4/c1-15-17(23-19-9-3-2-8-18(19)21-15)12-11-16-7-6-10-20(22-16)24-13-4-5-14-24/h2-3,6-12H,4-5,13-14H2,1H3. The quantitative estimate of drug-likeness (QED) is 0.729. The number of fused-ring (bicyclic) bond motifs is 1. The molecule has 0 bridgehead atoms. The Balaban J connectivity index is 1.63. The first-order valence-electron chi connectivity index (χ1n) is 8.43. The first kappa shape index (κ1) is 14.8. The minimum Gasteiger partial charge on any atom is -0.357 e. The Labute approximate surface area is 141 Å². The van der Waals surface area contributed by atoms with Gasteiger partial charge < -0.3 is 4.90 Å². The highest BCUT2D eigenvalue weighted by atomic mass is 15.2. The van der Waals surface area contributed by atoms with Crippen molar-refractivity contribution in [2.45, 2.75) is 19.8 Å². The van der Waals surface area contributed by atoms with Crippen molar-refractivity contribution in [3.63, 3.8) is 0 Å². The fraction of sp³-hybridized carbons (Fsp3) is 0.250. The van der Waals surface area contributed by atoms with Crippen LogP contribution in [0.1, 0.15) is 29.9 Å². The molecular weight excluding hydrogens is 296 g/mol. The molecule has 0 radical (unpaired) electrons. The molecule has 1 aromatic carbocycles. The number of aromatic nitrogens is 3. The van der Waals surface area contributed by atoms with Crippen molar-refractivity contribution in [2.24, 2.45) is 0 Å². The van der Waals surface area contributed by atoms with Gasteiger partial charge in [0.25, 0.3) is 0 Å². The summed E-state index contributed by atoms with van der Waals surface area (Å²) in [7, 11) is 0. The predicted molar refractivity (Wildman–Crippen MR) is 98.9 cm³/mol. The van der Waals surface area contributed by atoms with Crippen LogP contribution in [0.2, 0.25) is 0 Å². The Bertz CT molecular complexity index is 895. The number of hydrogen-bond donors (Lipinski definition) is 0. The van der Waals surface area contributed by atoms with E-state index in [1.165, 1.54) is 12.8 Å². The van der Waals surface area contributed by atoms with E-state index in [4.69, 9.17) is 9.97 Å². The summed E-state index contributed by atoms with van der Waals surface area (Å²) in [6.45, 7) is 4.21. The molecule has 2 aromatic heterocycles. The molecule has 120 valence electrons. The van der Waals surface area contributed by atoms with Crippen LogP contribution in [-0.2, 0) is 0 Å². The smallest absolute Gasteiger partial charge is 0.129 e. The molecule has 4 heteroatoms. The molecule has 0 atom stereocenters. The van der Waals surface area contributed by atoms with Crippen molar-refractivity contribution in [3.8, 4) is 0 Å². The van der Waals surface area contributed by atoms with Crippen LogP contribution in [0.4, 0.5) is 5.82 Å². The Morgan fingerprint density at radius 1 is 0.833 bits per heavy atom. The molecule has 4 nitrogen and oxygen atoms in total. The minimum atomic E-state index is 0.891. The maximum atomic E-state index is 4.75. The maximum Gasteiger partial charge on any atom is 0.129 e. The zero-order valence-electron chi connectivity index (χ0n) is 13.8. The van der Waals surface area contributed by atoms with Crippen molar-refractivity contribution in [2.75, 3.05) is 18.0 Å². The van der Waals surface area contributed by atoms with E-state index in [0.29, 0.717) is 0 Å². The van der Waals surface area contributed by atoms with Gasteiger partial charge in [0.1, 0.15) is 5.82 Å². The van der Waals surface area contributed by atoms with Gasteiger partial charge in [0, 0.05) is 13.1 Å². The average Bonchev–Trinajstić information content (AvgIpc) is 3.15. The van der Waals surface area contributed by atoms with Gasteiger partial charge in [-0.05, 0) is 56.2 Å². The van der Waals surface area contributed by atoms with Crippen LogP contribution < -0.4 is 4.90 Å². The fourth-order valence-electron chi connectivity index (χ4n) is 3.08. The number of hydrogen-bond acceptors (Lipinski definition) is 4. The molecule has 0 N–H and O–H groups in total. The molecule has 1 fully saturated rings. The van der Waals surface area contributed by atoms with E-state index in [2.05, 4.69) is 22.0 Å². The molecule has 0 saturated carbocycles. The number of aryl methyl sites for hydroxylation is 1. The molecule has 0 spiro atoms. The van der Waals surface area contributed by atoms with E-state index in [-0.39, 0.29) is 0 Å². The topological polar surface area (TPSA) is 41.9 Å². The summed E-state index contributed by atoms with van der Waals surface area (Å²) >= 11 is 0. The second-order valence-corrected chi connectivity index (χ2v) is 6.13. The number of nitrogens with zero attached hydrogens (tertiary/aromatic N) is 4. The molecule has 0 unspecified atom stereocenters. The van der Waals surface area contributed by atoms with E-state index >= 15 is 0 Å². The van der Waals surface area contributed by atoms with E-state index < -0.39 is 0 Å². The monoisotopic (exact) mass is 316 g/mol. The van der Waals surface area contributed by atoms with Gasteiger partial charge in [-0.25, -0.2) is 15.0 Å². The first-order chi connectivity index (χ1) is 11.8. The van der Waals surface area contributed by atoms with Gasteiger partial charge in [0.15, 0.2) is 0 Å². The Morgan fingerprint density at radius 3 is 2.38 bits per heavy atom. The average molecular weight is 316 g/mol. The van der Waals surface area contributed by atoms with E-state index in [0.717, 1.165) is 47.0 Å². The van der Waals surface area contributed by atoms with Crippen molar-refractivity contribution in [3.05, 3.63) is 59.5 Å². The maximum absolute atomic E-state index is 4.75. The summed E-state index contributed by atoms with van der Waals surface area (Å²) in [5, 5.41) is 0. The fourth-order valence-corrected chi connectivity index (χ4v) is 3.08. The minimum absolute atomic E-state index is 0.891. The Morgan fingerprint density at radius 2 is 1.58 bits per heavy atom. The summed E-state index contributed by atoms with van der Waals surface area (Å²) in [4.78, 5) is 16.4. The first-order valence-corrected chi connectivity index (χ1v) is 8.43. The molecule has 24 heavy (non-hydrogen) atoms. The third-order valence-electron chi connectivity index (χ3n) is 4.38. The molecule has 0 aliphatic carbocycles. The van der Waals surface area contributed by atoms with Crippen LogP contribution >= 0.6 is 0 Å². The van der Waals surface area contributed by atoms with E-state index in [1.54, 1.807) is 0 Å². The molecule has 4 rings (SSSR count). The number of anilines is 1. The highest BCUT2D eigenvalue weighted by Crippen LogP contribution is 2.19. The van der Waals surface area contributed by atoms with Gasteiger partial charge in [-0.1, -0.05) is 18.2 Å². The van der Waals surface area contributed by atoms with E-state index in [9.17, 15) is 0 Å². The second kappa shape index (κ2) is 6.40. The lowest BCUT2D eigenvalue weighted by molar-refractivity contribution is 0.936. The van der Waals surface area contributed by atoms with Crippen LogP contribution in [0, 0.1) is 6.92 Å². The van der Waals surface area contributed by atoms with Crippen molar-refractivity contribution >= 4 is 29.0 Å². The van der Waals surface area contributed by atoms with E-state index in [1.807, 2.05) is 49.4 Å². The number of benzene rings is 1. The lowest BCUT2D eigenvalue weighted by Crippen LogP contribution is -2.18. The third-order valence-corrected chi connectivity index (χ3v) is 4.38. The molecule has 3 aromatic rings. The van der Waals surface area contributed by atoms with Gasteiger partial charge >= 0.3 is 0 Å². The second-order valence-electron chi connectivity index (χ2n) is 6.13. The number of pyridine rings is 1. The molecule has 1 aliphatic rings. The van der Waals surface area contributed by atoms with Crippen LogP contribution in [-0.4, -0.2) is 28.0 Å². The van der Waals surface area contributed by atoms with Crippen LogP contribution in [0.25, 0.3) is 23.2 Å². The zero-order chi connectivity index (χ0) is 16.4. The third kappa shape index (κ3) is 3.00. The zero-order valence-corrected chi connectivity index (χ0v) is 13.8. The van der Waals surface area contributed by atoms with Gasteiger partial charge in [0.2, 0.25) is 0 Å². The van der Waals surface area contributed by atoms with Crippen molar-refractivity contribution in [1.82, 2.24) is 15.0 Å². The summed E-state index contributed by atoms with van der Waals surface area (Å²) in [5.74, 6) is 1.07. The molecule has 0 amide bonds. The van der Waals surface area contributed by atoms with Crippen LogP contribution in [0.15, 0.2) is 42.5 Å². The highest BCUT2D eigenvalue weighted by Gasteiger charge is 2.13. The van der Waals surface area contributed by atoms with Gasteiger partial charge in [0.05, 0.1) is 28.1 Å². The van der Waals surface area contributed by atoms with Gasteiger partial charge in [-0.15, -0.1) is 0 Å². The lowest BCUT2D eigenvalue weighted by atomic mass is 10.2. The number of rotatable bonds is 3. The molecule has 1 saturated heterocycles. The highest BCUT2D eigenvalue weighted by molar-refractivity contribution is 5.77. The normalized spacial score (nSPS) is 14.8. The summed E-state index contributed by atoms with van der Waals surface area (Å²) in [6.07, 6.45) is 6.54. The summed E-state index contributed by atoms with van der Waals surface area (Å²) in [5.41, 5.74) is 4.62. The Kier molecular flexibility index (Phi) is 3.95. The Hall–Kier alpha value is -2.75. The largest absolute Gasteiger partial charge is 0.357 e. The summed E-state index contributed by atoms with van der Waals surface area (Å²) < 4.78 is 0. The van der Waals surface area contributed by atoms with Crippen molar-refractivity contribution < 1.29 is 0 Å². The van der Waals surface area contributed by atoms with Crippen molar-refractivity contribution in [1.29, 1.82) is 0 Å². The van der Waals surface area contributed by atoms with Crippen LogP contribution in [0.3, 0.4) is 0 Å². The SMILES string of the molecule is Cc1nc2ccccc2nc1C=Cc1cccc(N2CCCC2)n1. The van der Waals surface area contributed by atoms with Crippen LogP contribution in [0.5, 0.6) is 0 Å². The summed E-state index contributed by atoms with van der Waals surface area (Å²) in [6, 6.07) is 14.1.